The van der Waals surface area contributed by atoms with Crippen molar-refractivity contribution in [1.82, 2.24) is 10.3 Å². The molecule has 0 aliphatic carbocycles. The molecule has 1 aromatic carbocycles. The van der Waals surface area contributed by atoms with E-state index in [0.29, 0.717) is 0 Å². The first kappa shape index (κ1) is 15.3. The van der Waals surface area contributed by atoms with E-state index < -0.39 is 0 Å². The van der Waals surface area contributed by atoms with Crippen LogP contribution >= 0.6 is 22.9 Å². The first-order valence-corrected chi connectivity index (χ1v) is 8.10. The van der Waals surface area contributed by atoms with E-state index in [0.717, 1.165) is 42.5 Å². The summed E-state index contributed by atoms with van der Waals surface area (Å²) in [7, 11) is 2.06. The van der Waals surface area contributed by atoms with Crippen LogP contribution in [0.15, 0.2) is 29.1 Å². The van der Waals surface area contributed by atoms with Crippen LogP contribution in [0, 0.1) is 0 Å². The Bertz CT molecular complexity index is 528. The molecule has 2 rings (SSSR count). The quantitative estimate of drug-likeness (QED) is 0.785. The number of nitrogens with zero attached hydrogens (tertiary/aromatic N) is 2. The molecule has 1 aromatic heterocycles. The first-order chi connectivity index (χ1) is 9.72. The van der Waals surface area contributed by atoms with Gasteiger partial charge in [-0.3, -0.25) is 0 Å². The highest BCUT2D eigenvalue weighted by Gasteiger charge is 2.12. The zero-order chi connectivity index (χ0) is 14.4. The summed E-state index contributed by atoms with van der Waals surface area (Å²) >= 11 is 8.01. The van der Waals surface area contributed by atoms with Gasteiger partial charge in [0.05, 0.1) is 28.5 Å². The Kier molecular flexibility index (Phi) is 5.83. The Labute approximate surface area is 129 Å². The maximum absolute atomic E-state index is 6.39. The van der Waals surface area contributed by atoms with Crippen molar-refractivity contribution < 1.29 is 0 Å². The number of benzene rings is 1. The summed E-state index contributed by atoms with van der Waals surface area (Å²) in [6.07, 6.45) is 1.13. The predicted molar refractivity (Wildman–Crippen MR) is 87.7 cm³/mol. The highest BCUT2D eigenvalue weighted by molar-refractivity contribution is 7.07. The highest BCUT2D eigenvalue weighted by Crippen LogP contribution is 2.30. The van der Waals surface area contributed by atoms with Crippen molar-refractivity contribution >= 4 is 28.6 Å². The average molecular weight is 310 g/mol. The third-order valence-electron chi connectivity index (χ3n) is 3.08. The summed E-state index contributed by atoms with van der Waals surface area (Å²) in [5.41, 5.74) is 5.25. The number of hydrogen-bond acceptors (Lipinski definition) is 4. The minimum absolute atomic E-state index is 0.772. The van der Waals surface area contributed by atoms with Gasteiger partial charge in [0.25, 0.3) is 0 Å². The molecule has 0 amide bonds. The van der Waals surface area contributed by atoms with E-state index >= 15 is 0 Å². The summed E-state index contributed by atoms with van der Waals surface area (Å²) in [4.78, 5) is 6.50. The summed E-state index contributed by atoms with van der Waals surface area (Å²) in [5, 5.41) is 6.30. The molecular weight excluding hydrogens is 290 g/mol. The van der Waals surface area contributed by atoms with Gasteiger partial charge in [0, 0.05) is 19.0 Å². The SMILES string of the molecule is CCCNCc1cccc(Cl)c1N(C)Cc1cscn1. The fourth-order valence-electron chi connectivity index (χ4n) is 2.17. The molecule has 1 heterocycles. The lowest BCUT2D eigenvalue weighted by molar-refractivity contribution is 0.673. The number of anilines is 1. The molecule has 5 heteroatoms. The van der Waals surface area contributed by atoms with Crippen LogP contribution in [0.4, 0.5) is 5.69 Å². The first-order valence-electron chi connectivity index (χ1n) is 6.78. The van der Waals surface area contributed by atoms with Crippen LogP contribution in [0.1, 0.15) is 24.6 Å². The third-order valence-corrected chi connectivity index (χ3v) is 4.02. The van der Waals surface area contributed by atoms with E-state index in [1.54, 1.807) is 11.3 Å². The molecule has 0 saturated carbocycles. The Morgan fingerprint density at radius 1 is 1.40 bits per heavy atom. The van der Waals surface area contributed by atoms with E-state index in [4.69, 9.17) is 11.6 Å². The number of para-hydroxylation sites is 1. The summed E-state index contributed by atoms with van der Waals surface area (Å²) in [6.45, 7) is 4.79. The fraction of sp³-hybridized carbons (Fsp3) is 0.400. The van der Waals surface area contributed by atoms with Crippen LogP contribution in [0.2, 0.25) is 5.02 Å². The molecule has 0 aliphatic heterocycles. The van der Waals surface area contributed by atoms with E-state index in [1.165, 1.54) is 5.56 Å². The average Bonchev–Trinajstić information content (AvgIpc) is 2.92. The summed E-state index contributed by atoms with van der Waals surface area (Å²) in [5.74, 6) is 0. The second-order valence-electron chi connectivity index (χ2n) is 4.76. The molecule has 0 bridgehead atoms. The molecule has 0 spiro atoms. The van der Waals surface area contributed by atoms with E-state index in [-0.39, 0.29) is 0 Å². The van der Waals surface area contributed by atoms with Gasteiger partial charge in [-0.15, -0.1) is 11.3 Å². The fourth-order valence-corrected chi connectivity index (χ4v) is 3.06. The van der Waals surface area contributed by atoms with Crippen LogP contribution in [0.25, 0.3) is 0 Å². The van der Waals surface area contributed by atoms with Gasteiger partial charge in [-0.2, -0.15) is 0 Å². The summed E-state index contributed by atoms with van der Waals surface area (Å²) < 4.78 is 0. The van der Waals surface area contributed by atoms with Gasteiger partial charge in [0.15, 0.2) is 0 Å². The zero-order valence-electron chi connectivity index (χ0n) is 11.9. The second-order valence-corrected chi connectivity index (χ2v) is 5.89. The lowest BCUT2D eigenvalue weighted by Crippen LogP contribution is -2.21. The number of halogens is 1. The Morgan fingerprint density at radius 3 is 2.95 bits per heavy atom. The molecule has 0 fully saturated rings. The van der Waals surface area contributed by atoms with Gasteiger partial charge >= 0.3 is 0 Å². The van der Waals surface area contributed by atoms with Crippen molar-refractivity contribution in [2.75, 3.05) is 18.5 Å². The van der Waals surface area contributed by atoms with Crippen molar-refractivity contribution in [3.8, 4) is 0 Å². The number of hydrogen-bond donors (Lipinski definition) is 1. The molecular formula is C15H20ClN3S. The monoisotopic (exact) mass is 309 g/mol. The lowest BCUT2D eigenvalue weighted by atomic mass is 10.1. The smallest absolute Gasteiger partial charge is 0.0795 e. The van der Waals surface area contributed by atoms with Crippen LogP contribution in [-0.4, -0.2) is 18.6 Å². The van der Waals surface area contributed by atoms with E-state index in [2.05, 4.69) is 40.6 Å². The highest BCUT2D eigenvalue weighted by atomic mass is 35.5. The van der Waals surface area contributed by atoms with Crippen LogP contribution in [0.3, 0.4) is 0 Å². The number of nitrogens with one attached hydrogen (secondary N) is 1. The molecule has 1 N–H and O–H groups in total. The molecule has 0 saturated heterocycles. The van der Waals surface area contributed by atoms with Gasteiger partial charge in [-0.1, -0.05) is 30.7 Å². The van der Waals surface area contributed by atoms with Crippen molar-refractivity contribution in [1.29, 1.82) is 0 Å². The molecule has 0 radical (unpaired) electrons. The topological polar surface area (TPSA) is 28.2 Å². The number of thiazole rings is 1. The van der Waals surface area contributed by atoms with Crippen LogP contribution in [0.5, 0.6) is 0 Å². The summed E-state index contributed by atoms with van der Waals surface area (Å²) in [6, 6.07) is 6.07. The van der Waals surface area contributed by atoms with Crippen LogP contribution in [-0.2, 0) is 13.1 Å². The van der Waals surface area contributed by atoms with Crippen molar-refractivity contribution in [2.24, 2.45) is 0 Å². The van der Waals surface area contributed by atoms with Gasteiger partial charge in [-0.05, 0) is 24.6 Å². The molecule has 0 unspecified atom stereocenters. The van der Waals surface area contributed by atoms with E-state index in [9.17, 15) is 0 Å². The molecule has 108 valence electrons. The molecule has 2 aromatic rings. The maximum Gasteiger partial charge on any atom is 0.0795 e. The third kappa shape index (κ3) is 3.95. The Morgan fingerprint density at radius 2 is 2.25 bits per heavy atom. The predicted octanol–water partition coefficient (Wildman–Crippen LogP) is 3.93. The minimum Gasteiger partial charge on any atom is -0.367 e. The van der Waals surface area contributed by atoms with E-state index in [1.807, 2.05) is 17.6 Å². The van der Waals surface area contributed by atoms with Gasteiger partial charge < -0.3 is 10.2 Å². The maximum atomic E-state index is 6.39. The Hall–Kier alpha value is -1.10. The lowest BCUT2D eigenvalue weighted by Gasteiger charge is -2.23. The molecule has 0 aliphatic rings. The van der Waals surface area contributed by atoms with Crippen molar-refractivity contribution in [3.05, 3.63) is 45.4 Å². The molecule has 0 atom stereocenters. The van der Waals surface area contributed by atoms with Gasteiger partial charge in [0.2, 0.25) is 0 Å². The largest absolute Gasteiger partial charge is 0.367 e. The van der Waals surface area contributed by atoms with Crippen LogP contribution < -0.4 is 10.2 Å². The van der Waals surface area contributed by atoms with Gasteiger partial charge in [0.1, 0.15) is 0 Å². The van der Waals surface area contributed by atoms with Gasteiger partial charge in [-0.25, -0.2) is 4.98 Å². The minimum atomic E-state index is 0.772. The number of rotatable bonds is 7. The number of aromatic nitrogens is 1. The normalized spacial score (nSPS) is 10.8. The standard InChI is InChI=1S/C15H20ClN3S/c1-3-7-17-8-12-5-4-6-14(16)15(12)19(2)9-13-10-20-11-18-13/h4-6,10-11,17H,3,7-9H2,1-2H3. The van der Waals surface area contributed by atoms with Crippen molar-refractivity contribution in [3.63, 3.8) is 0 Å². The molecule has 3 nitrogen and oxygen atoms in total. The Balaban J connectivity index is 2.15. The zero-order valence-corrected chi connectivity index (χ0v) is 13.5. The van der Waals surface area contributed by atoms with Crippen molar-refractivity contribution in [2.45, 2.75) is 26.4 Å². The second kappa shape index (κ2) is 7.62. The molecule has 20 heavy (non-hydrogen) atoms.